The van der Waals surface area contributed by atoms with E-state index < -0.39 is 0 Å². The number of ether oxygens (including phenoxy) is 1. The lowest BCUT2D eigenvalue weighted by Gasteiger charge is -2.24. The van der Waals surface area contributed by atoms with E-state index in [1.807, 2.05) is 4.90 Å². The monoisotopic (exact) mass is 303 g/mol. The zero-order chi connectivity index (χ0) is 15.8. The molecule has 1 saturated heterocycles. The molecule has 120 valence electrons. The van der Waals surface area contributed by atoms with Gasteiger partial charge >= 0.3 is 0 Å². The summed E-state index contributed by atoms with van der Waals surface area (Å²) in [6, 6.07) is 7.05. The highest BCUT2D eigenvalue weighted by Crippen LogP contribution is 2.15. The van der Waals surface area contributed by atoms with Gasteiger partial charge in [-0.2, -0.15) is 0 Å². The van der Waals surface area contributed by atoms with Crippen molar-refractivity contribution in [3.8, 4) is 5.75 Å². The maximum absolute atomic E-state index is 12.3. The van der Waals surface area contributed by atoms with E-state index >= 15 is 0 Å². The molecule has 0 spiro atoms. The van der Waals surface area contributed by atoms with Crippen molar-refractivity contribution in [3.05, 3.63) is 29.8 Å². The van der Waals surface area contributed by atoms with Crippen LogP contribution in [0, 0.1) is 0 Å². The van der Waals surface area contributed by atoms with E-state index in [1.165, 1.54) is 19.3 Å². The van der Waals surface area contributed by atoms with E-state index in [4.69, 9.17) is 4.74 Å². The summed E-state index contributed by atoms with van der Waals surface area (Å²) in [5.41, 5.74) is 0.640. The summed E-state index contributed by atoms with van der Waals surface area (Å²) in [5, 5.41) is 0. The molecular weight excluding hydrogens is 278 g/mol. The predicted molar refractivity (Wildman–Crippen MR) is 86.2 cm³/mol. The number of ketones is 1. The van der Waals surface area contributed by atoms with Gasteiger partial charge in [-0.3, -0.25) is 9.59 Å². The Hall–Kier alpha value is -1.84. The molecule has 1 amide bonds. The molecule has 0 radical (unpaired) electrons. The summed E-state index contributed by atoms with van der Waals surface area (Å²) in [6.45, 7) is 1.69. The highest BCUT2D eigenvalue weighted by molar-refractivity contribution is 5.98. The van der Waals surface area contributed by atoms with Crippen LogP contribution in [-0.2, 0) is 4.79 Å². The summed E-state index contributed by atoms with van der Waals surface area (Å²) in [5.74, 6) is 0.861. The number of carbonyl (C=O) groups is 2. The second kappa shape index (κ2) is 8.57. The summed E-state index contributed by atoms with van der Waals surface area (Å²) >= 11 is 0. The van der Waals surface area contributed by atoms with Gasteiger partial charge in [-0.15, -0.1) is 0 Å². The zero-order valence-electron chi connectivity index (χ0n) is 13.3. The molecule has 0 aliphatic carbocycles. The second-order valence-electron chi connectivity index (χ2n) is 5.80. The van der Waals surface area contributed by atoms with Gasteiger partial charge in [0.15, 0.2) is 5.78 Å². The minimum Gasteiger partial charge on any atom is -0.497 e. The molecule has 1 fully saturated rings. The summed E-state index contributed by atoms with van der Waals surface area (Å²) in [4.78, 5) is 26.3. The van der Waals surface area contributed by atoms with Crippen molar-refractivity contribution in [2.75, 3.05) is 20.2 Å². The summed E-state index contributed by atoms with van der Waals surface area (Å²) in [7, 11) is 1.60. The van der Waals surface area contributed by atoms with E-state index in [9.17, 15) is 9.59 Å². The highest BCUT2D eigenvalue weighted by Gasteiger charge is 2.16. The van der Waals surface area contributed by atoms with Crippen molar-refractivity contribution in [2.45, 2.75) is 44.9 Å². The van der Waals surface area contributed by atoms with E-state index in [-0.39, 0.29) is 18.1 Å². The van der Waals surface area contributed by atoms with Crippen LogP contribution in [0.5, 0.6) is 5.75 Å². The molecule has 0 aromatic heterocycles. The molecule has 1 aromatic carbocycles. The number of methoxy groups -OCH3 is 1. The number of hydrogen-bond donors (Lipinski definition) is 0. The van der Waals surface area contributed by atoms with Crippen molar-refractivity contribution in [2.24, 2.45) is 0 Å². The fourth-order valence-corrected chi connectivity index (χ4v) is 2.80. The third-order valence-corrected chi connectivity index (χ3v) is 4.19. The van der Waals surface area contributed by atoms with Crippen molar-refractivity contribution in [1.29, 1.82) is 0 Å². The van der Waals surface area contributed by atoms with Gasteiger partial charge in [-0.1, -0.05) is 19.3 Å². The Bertz CT molecular complexity index is 488. The molecule has 22 heavy (non-hydrogen) atoms. The first-order chi connectivity index (χ1) is 10.7. The minimum absolute atomic E-state index is 0.0167. The molecule has 1 aliphatic rings. The van der Waals surface area contributed by atoms with Crippen LogP contribution in [0.3, 0.4) is 0 Å². The molecule has 1 aromatic rings. The Labute approximate surface area is 132 Å². The Kier molecular flexibility index (Phi) is 6.44. The molecule has 0 unspecified atom stereocenters. The fraction of sp³-hybridized carbons (Fsp3) is 0.556. The van der Waals surface area contributed by atoms with E-state index in [0.717, 1.165) is 31.7 Å². The molecule has 0 saturated carbocycles. The summed E-state index contributed by atoms with van der Waals surface area (Å²) < 4.78 is 5.08. The quantitative estimate of drug-likeness (QED) is 0.783. The molecule has 1 aliphatic heterocycles. The minimum atomic E-state index is 0.0167. The first kappa shape index (κ1) is 16.5. The first-order valence-corrected chi connectivity index (χ1v) is 8.16. The van der Waals surface area contributed by atoms with Gasteiger partial charge in [-0.05, 0) is 37.1 Å². The fourth-order valence-electron chi connectivity index (χ4n) is 2.80. The van der Waals surface area contributed by atoms with Crippen molar-refractivity contribution < 1.29 is 14.3 Å². The van der Waals surface area contributed by atoms with Gasteiger partial charge < -0.3 is 9.64 Å². The normalized spacial score (nSPS) is 15.8. The lowest BCUT2D eigenvalue weighted by atomic mass is 10.0. The highest BCUT2D eigenvalue weighted by atomic mass is 16.5. The van der Waals surface area contributed by atoms with Crippen LogP contribution in [-0.4, -0.2) is 36.8 Å². The maximum atomic E-state index is 12.3. The molecule has 0 N–H and O–H groups in total. The number of Topliss-reactive ketones (excluding diaryl/α,β-unsaturated/α-hetero) is 1. The summed E-state index contributed by atoms with van der Waals surface area (Å²) in [6.07, 6.45) is 6.43. The SMILES string of the molecule is COc1ccc(C(=O)CCC(=O)N2CCCCCCC2)cc1. The third kappa shape index (κ3) is 4.86. The van der Waals surface area contributed by atoms with Crippen LogP contribution < -0.4 is 4.74 Å². The Morgan fingerprint density at radius 1 is 0.955 bits per heavy atom. The van der Waals surface area contributed by atoms with E-state index in [1.54, 1.807) is 31.4 Å². The Balaban J connectivity index is 1.82. The van der Waals surface area contributed by atoms with Crippen LogP contribution in [0.1, 0.15) is 55.3 Å². The third-order valence-electron chi connectivity index (χ3n) is 4.19. The van der Waals surface area contributed by atoms with Crippen LogP contribution >= 0.6 is 0 Å². The van der Waals surface area contributed by atoms with Crippen LogP contribution in [0.4, 0.5) is 0 Å². The number of hydrogen-bond acceptors (Lipinski definition) is 3. The van der Waals surface area contributed by atoms with Crippen molar-refractivity contribution in [3.63, 3.8) is 0 Å². The van der Waals surface area contributed by atoms with Crippen LogP contribution in [0.25, 0.3) is 0 Å². The topological polar surface area (TPSA) is 46.6 Å². The van der Waals surface area contributed by atoms with Crippen LogP contribution in [0.2, 0.25) is 0 Å². The molecule has 1 heterocycles. The number of carbonyl (C=O) groups excluding carboxylic acids is 2. The molecule has 0 atom stereocenters. The molecule has 4 heteroatoms. The first-order valence-electron chi connectivity index (χ1n) is 8.16. The lowest BCUT2D eigenvalue weighted by Crippen LogP contribution is -2.33. The van der Waals surface area contributed by atoms with E-state index in [2.05, 4.69) is 0 Å². The van der Waals surface area contributed by atoms with Crippen LogP contribution in [0.15, 0.2) is 24.3 Å². The largest absolute Gasteiger partial charge is 0.497 e. The molecule has 2 rings (SSSR count). The van der Waals surface area contributed by atoms with Crippen molar-refractivity contribution >= 4 is 11.7 Å². The number of amides is 1. The molecular formula is C18H25NO3. The predicted octanol–water partition coefficient (Wildman–Crippen LogP) is 3.45. The lowest BCUT2D eigenvalue weighted by molar-refractivity contribution is -0.131. The number of nitrogens with zero attached hydrogens (tertiary/aromatic N) is 1. The molecule has 0 bridgehead atoms. The smallest absolute Gasteiger partial charge is 0.223 e. The second-order valence-corrected chi connectivity index (χ2v) is 5.80. The number of likely N-dealkylation sites (tertiary alicyclic amines) is 1. The van der Waals surface area contributed by atoms with Gasteiger partial charge in [-0.25, -0.2) is 0 Å². The molecule has 4 nitrogen and oxygen atoms in total. The van der Waals surface area contributed by atoms with Gasteiger partial charge in [0.25, 0.3) is 0 Å². The maximum Gasteiger partial charge on any atom is 0.223 e. The number of rotatable bonds is 5. The Morgan fingerprint density at radius 3 is 2.14 bits per heavy atom. The Morgan fingerprint density at radius 2 is 1.55 bits per heavy atom. The number of benzene rings is 1. The van der Waals surface area contributed by atoms with Gasteiger partial charge in [0.2, 0.25) is 5.91 Å². The van der Waals surface area contributed by atoms with Gasteiger partial charge in [0.05, 0.1) is 7.11 Å². The zero-order valence-corrected chi connectivity index (χ0v) is 13.3. The van der Waals surface area contributed by atoms with E-state index in [0.29, 0.717) is 12.0 Å². The average Bonchev–Trinajstić information content (AvgIpc) is 2.52. The average molecular weight is 303 g/mol. The standard InChI is InChI=1S/C18H25NO3/c1-22-16-9-7-15(8-10-16)17(20)11-12-18(21)19-13-5-3-2-4-6-14-19/h7-10H,2-6,11-14H2,1H3. The van der Waals surface area contributed by atoms with Gasteiger partial charge in [0, 0.05) is 31.5 Å². The van der Waals surface area contributed by atoms with Crippen molar-refractivity contribution in [1.82, 2.24) is 4.90 Å². The van der Waals surface area contributed by atoms with Gasteiger partial charge in [0.1, 0.15) is 5.75 Å².